The fourth-order valence-corrected chi connectivity index (χ4v) is 2.47. The van der Waals surface area contributed by atoms with E-state index in [4.69, 9.17) is 0 Å². The van der Waals surface area contributed by atoms with Crippen LogP contribution in [0.3, 0.4) is 0 Å². The van der Waals surface area contributed by atoms with Gasteiger partial charge >= 0.3 is 0 Å². The lowest BCUT2D eigenvalue weighted by Crippen LogP contribution is -1.93. The Bertz CT molecular complexity index is 856. The first-order valence-electron chi connectivity index (χ1n) is 6.59. The molecular weight excluding hydrogens is 246 g/mol. The lowest BCUT2D eigenvalue weighted by molar-refractivity contribution is 0.891. The number of rotatable bonds is 2. The van der Waals surface area contributed by atoms with Crippen LogP contribution < -0.4 is 0 Å². The molecule has 2 heterocycles. The summed E-state index contributed by atoms with van der Waals surface area (Å²) in [4.78, 5) is 3.27. The van der Waals surface area contributed by atoms with Crippen LogP contribution in [-0.2, 0) is 0 Å². The molecule has 20 heavy (non-hydrogen) atoms. The molecule has 0 saturated carbocycles. The zero-order valence-electron chi connectivity index (χ0n) is 10.8. The molecule has 0 radical (unpaired) electrons. The van der Waals surface area contributed by atoms with Crippen molar-refractivity contribution in [3.05, 3.63) is 73.1 Å². The van der Waals surface area contributed by atoms with Crippen molar-refractivity contribution >= 4 is 10.9 Å². The van der Waals surface area contributed by atoms with E-state index in [9.17, 15) is 0 Å². The van der Waals surface area contributed by atoms with E-state index in [0.29, 0.717) is 0 Å². The second kappa shape index (κ2) is 4.38. The van der Waals surface area contributed by atoms with Crippen LogP contribution in [0.4, 0.5) is 0 Å². The zero-order valence-corrected chi connectivity index (χ0v) is 10.8. The van der Waals surface area contributed by atoms with Gasteiger partial charge in [-0.3, -0.25) is 0 Å². The summed E-state index contributed by atoms with van der Waals surface area (Å²) in [5.41, 5.74) is 4.31. The Morgan fingerprint density at radius 3 is 2.55 bits per heavy atom. The van der Waals surface area contributed by atoms with Crippen LogP contribution in [0.25, 0.3) is 27.8 Å². The topological polar surface area (TPSA) is 33.6 Å². The van der Waals surface area contributed by atoms with Crippen molar-refractivity contribution in [3.8, 4) is 16.9 Å². The van der Waals surface area contributed by atoms with Crippen molar-refractivity contribution in [2.45, 2.75) is 0 Å². The second-order valence-corrected chi connectivity index (χ2v) is 4.73. The first-order chi connectivity index (χ1) is 9.92. The third kappa shape index (κ3) is 1.72. The van der Waals surface area contributed by atoms with Gasteiger partial charge in [0.15, 0.2) is 0 Å². The lowest BCUT2D eigenvalue weighted by atomic mass is 10.2. The van der Waals surface area contributed by atoms with Crippen molar-refractivity contribution in [3.63, 3.8) is 0 Å². The highest BCUT2D eigenvalue weighted by Gasteiger charge is 2.07. The number of aromatic nitrogens is 3. The van der Waals surface area contributed by atoms with Crippen LogP contribution in [0.15, 0.2) is 73.1 Å². The van der Waals surface area contributed by atoms with Crippen molar-refractivity contribution in [1.82, 2.24) is 14.8 Å². The summed E-state index contributed by atoms with van der Waals surface area (Å²) in [6.45, 7) is 0. The Balaban J connectivity index is 1.82. The normalized spacial score (nSPS) is 11.0. The highest BCUT2D eigenvalue weighted by molar-refractivity contribution is 5.88. The minimum Gasteiger partial charge on any atom is -0.359 e. The quantitative estimate of drug-likeness (QED) is 0.579. The van der Waals surface area contributed by atoms with E-state index < -0.39 is 0 Å². The van der Waals surface area contributed by atoms with E-state index in [0.717, 1.165) is 22.5 Å². The third-order valence-electron chi connectivity index (χ3n) is 3.47. The number of hydrogen-bond acceptors (Lipinski definition) is 1. The molecule has 0 fully saturated rings. The van der Waals surface area contributed by atoms with Gasteiger partial charge in [0.1, 0.15) is 0 Å². The molecule has 3 nitrogen and oxygen atoms in total. The molecule has 0 aliphatic carbocycles. The summed E-state index contributed by atoms with van der Waals surface area (Å²) >= 11 is 0. The van der Waals surface area contributed by atoms with E-state index in [2.05, 4.69) is 34.3 Å². The molecule has 0 bridgehead atoms. The second-order valence-electron chi connectivity index (χ2n) is 4.73. The molecule has 96 valence electrons. The molecule has 0 aliphatic heterocycles. The molecular formula is C17H13N3. The maximum absolute atomic E-state index is 4.67. The van der Waals surface area contributed by atoms with Gasteiger partial charge in [-0.25, -0.2) is 4.68 Å². The van der Waals surface area contributed by atoms with Crippen molar-refractivity contribution in [2.75, 3.05) is 0 Å². The molecule has 0 saturated heterocycles. The van der Waals surface area contributed by atoms with Gasteiger partial charge in [-0.15, -0.1) is 0 Å². The van der Waals surface area contributed by atoms with Gasteiger partial charge in [-0.1, -0.05) is 48.5 Å². The fraction of sp³-hybridized carbons (Fsp3) is 0. The summed E-state index contributed by atoms with van der Waals surface area (Å²) in [5, 5.41) is 5.85. The number of para-hydroxylation sites is 1. The van der Waals surface area contributed by atoms with Crippen LogP contribution in [0.1, 0.15) is 0 Å². The molecule has 2 aromatic heterocycles. The van der Waals surface area contributed by atoms with Crippen LogP contribution in [-0.4, -0.2) is 14.8 Å². The predicted molar refractivity (Wildman–Crippen MR) is 80.9 cm³/mol. The first kappa shape index (κ1) is 11.1. The monoisotopic (exact) mass is 259 g/mol. The summed E-state index contributed by atoms with van der Waals surface area (Å²) in [7, 11) is 0. The number of hydrogen-bond donors (Lipinski definition) is 1. The van der Waals surface area contributed by atoms with Crippen molar-refractivity contribution < 1.29 is 0 Å². The van der Waals surface area contributed by atoms with Crippen molar-refractivity contribution in [2.24, 2.45) is 0 Å². The Labute approximate surface area is 116 Å². The Kier molecular flexibility index (Phi) is 2.42. The average Bonchev–Trinajstić information content (AvgIpc) is 3.14. The Morgan fingerprint density at radius 1 is 0.850 bits per heavy atom. The molecule has 0 aliphatic rings. The van der Waals surface area contributed by atoms with E-state index in [1.54, 1.807) is 0 Å². The van der Waals surface area contributed by atoms with Gasteiger partial charge in [-0.05, 0) is 12.1 Å². The summed E-state index contributed by atoms with van der Waals surface area (Å²) < 4.78 is 1.92. The van der Waals surface area contributed by atoms with Gasteiger partial charge in [0.05, 0.1) is 11.4 Å². The van der Waals surface area contributed by atoms with Gasteiger partial charge in [0.2, 0.25) is 0 Å². The smallest absolute Gasteiger partial charge is 0.0927 e. The predicted octanol–water partition coefficient (Wildman–Crippen LogP) is 4.02. The van der Waals surface area contributed by atoms with E-state index in [1.165, 1.54) is 5.39 Å². The van der Waals surface area contributed by atoms with E-state index in [-0.39, 0.29) is 0 Å². The average molecular weight is 259 g/mol. The lowest BCUT2D eigenvalue weighted by Gasteiger charge is -1.99. The molecule has 3 heteroatoms. The van der Waals surface area contributed by atoms with E-state index in [1.807, 2.05) is 53.5 Å². The number of nitrogens with one attached hydrogen (secondary N) is 1. The standard InChI is InChI=1S/C17H13N3/c1-2-6-13(7-3-1)15-10-11-20(19-15)17-12-18-16-9-5-4-8-14(16)17/h1-12,18H. The molecule has 0 unspecified atom stereocenters. The van der Waals surface area contributed by atoms with Crippen molar-refractivity contribution in [1.29, 1.82) is 0 Å². The molecule has 4 rings (SSSR count). The number of benzene rings is 2. The largest absolute Gasteiger partial charge is 0.359 e. The highest BCUT2D eigenvalue weighted by atomic mass is 15.3. The van der Waals surface area contributed by atoms with E-state index >= 15 is 0 Å². The van der Waals surface area contributed by atoms with Gasteiger partial charge in [-0.2, -0.15) is 5.10 Å². The fourth-order valence-electron chi connectivity index (χ4n) is 2.47. The summed E-state index contributed by atoms with van der Waals surface area (Å²) in [6, 6.07) is 20.5. The molecule has 1 N–H and O–H groups in total. The zero-order chi connectivity index (χ0) is 13.4. The molecule has 4 aromatic rings. The Morgan fingerprint density at radius 2 is 1.65 bits per heavy atom. The maximum Gasteiger partial charge on any atom is 0.0927 e. The van der Waals surface area contributed by atoms with Gasteiger partial charge in [0, 0.05) is 28.9 Å². The summed E-state index contributed by atoms with van der Waals surface area (Å²) in [5.74, 6) is 0. The number of nitrogens with zero attached hydrogens (tertiary/aromatic N) is 2. The number of H-pyrrole nitrogens is 1. The molecule has 2 aromatic carbocycles. The maximum atomic E-state index is 4.67. The van der Waals surface area contributed by atoms with Gasteiger partial charge in [0.25, 0.3) is 0 Å². The SMILES string of the molecule is c1ccc(-c2ccn(-c3c[nH]c4ccccc34)n2)cc1. The minimum atomic E-state index is 0.982. The summed E-state index contributed by atoms with van der Waals surface area (Å²) in [6.07, 6.45) is 3.99. The first-order valence-corrected chi connectivity index (χ1v) is 6.59. The van der Waals surface area contributed by atoms with Crippen LogP contribution in [0, 0.1) is 0 Å². The van der Waals surface area contributed by atoms with Crippen LogP contribution >= 0.6 is 0 Å². The number of aromatic amines is 1. The van der Waals surface area contributed by atoms with Gasteiger partial charge < -0.3 is 4.98 Å². The number of fused-ring (bicyclic) bond motifs is 1. The molecule has 0 amide bonds. The van der Waals surface area contributed by atoms with Crippen LogP contribution in [0.5, 0.6) is 0 Å². The minimum absolute atomic E-state index is 0.982. The Hall–Kier alpha value is -2.81. The molecule has 0 atom stereocenters. The third-order valence-corrected chi connectivity index (χ3v) is 3.47. The van der Waals surface area contributed by atoms with Crippen LogP contribution in [0.2, 0.25) is 0 Å². The molecule has 0 spiro atoms. The highest BCUT2D eigenvalue weighted by Crippen LogP contribution is 2.23.